The summed E-state index contributed by atoms with van der Waals surface area (Å²) in [5.74, 6) is -0.878. The van der Waals surface area contributed by atoms with E-state index < -0.39 is 11.8 Å². The number of carbonyl (C=O) groups is 2. The van der Waals surface area contributed by atoms with E-state index in [-0.39, 0.29) is 18.8 Å². The Kier molecular flexibility index (Phi) is 3.64. The highest BCUT2D eigenvalue weighted by atomic mass is 127. The first kappa shape index (κ1) is 14.0. The van der Waals surface area contributed by atoms with Crippen LogP contribution in [0.25, 0.3) is 10.9 Å². The predicted octanol–water partition coefficient (Wildman–Crippen LogP) is 0.824. The number of aliphatic hydroxyl groups is 1. The number of imide groups is 1. The highest BCUT2D eigenvalue weighted by Gasteiger charge is 2.30. The number of fused-ring (bicyclic) bond motifs is 1. The maximum Gasteiger partial charge on any atom is 0.277 e. The van der Waals surface area contributed by atoms with Crippen LogP contribution in [0, 0.1) is 3.70 Å². The molecule has 7 nitrogen and oxygen atoms in total. The Hall–Kier alpha value is -1.94. The van der Waals surface area contributed by atoms with E-state index >= 15 is 0 Å². The van der Waals surface area contributed by atoms with Gasteiger partial charge in [0.05, 0.1) is 18.8 Å². The number of para-hydroxylation sites is 1. The van der Waals surface area contributed by atoms with Gasteiger partial charge in [0.1, 0.15) is 14.9 Å². The van der Waals surface area contributed by atoms with Gasteiger partial charge in [0.2, 0.25) is 0 Å². The van der Waals surface area contributed by atoms with Gasteiger partial charge in [-0.15, -0.1) is 0 Å². The third-order valence-electron chi connectivity index (χ3n) is 3.14. The number of amides is 2. The van der Waals surface area contributed by atoms with Crippen LogP contribution in [-0.4, -0.2) is 45.2 Å². The van der Waals surface area contributed by atoms with E-state index in [9.17, 15) is 9.59 Å². The van der Waals surface area contributed by atoms with Crippen molar-refractivity contribution in [1.82, 2.24) is 15.1 Å². The summed E-state index contributed by atoms with van der Waals surface area (Å²) in [6.07, 6.45) is 1.23. The second kappa shape index (κ2) is 5.45. The molecular formula is C13H11IN4O3. The molecule has 0 fully saturated rings. The fraction of sp³-hybridized carbons (Fsp3) is 0.154. The number of carbonyl (C=O) groups excluding carboxylic acids is 2. The molecule has 2 amide bonds. The van der Waals surface area contributed by atoms with Gasteiger partial charge in [0, 0.05) is 11.5 Å². The van der Waals surface area contributed by atoms with Gasteiger partial charge < -0.3 is 10.4 Å². The molecule has 3 N–H and O–H groups in total. The van der Waals surface area contributed by atoms with Crippen LogP contribution < -0.4 is 5.32 Å². The summed E-state index contributed by atoms with van der Waals surface area (Å²) in [6, 6.07) is 5.54. The molecule has 0 saturated carbocycles. The van der Waals surface area contributed by atoms with Gasteiger partial charge in [-0.1, -0.05) is 6.07 Å². The van der Waals surface area contributed by atoms with E-state index in [1.165, 1.54) is 6.08 Å². The number of aromatic amines is 1. The Labute approximate surface area is 133 Å². The summed E-state index contributed by atoms with van der Waals surface area (Å²) >= 11 is 2.14. The highest BCUT2D eigenvalue weighted by Crippen LogP contribution is 2.26. The zero-order valence-corrected chi connectivity index (χ0v) is 12.9. The van der Waals surface area contributed by atoms with Crippen LogP contribution in [0.5, 0.6) is 0 Å². The summed E-state index contributed by atoms with van der Waals surface area (Å²) in [6.45, 7) is -0.268. The smallest absolute Gasteiger partial charge is 0.277 e. The molecule has 1 aromatic heterocycles. The number of anilines is 1. The third-order valence-corrected chi connectivity index (χ3v) is 3.96. The number of H-pyrrole nitrogens is 1. The maximum absolute atomic E-state index is 12.1. The zero-order chi connectivity index (χ0) is 15.0. The molecule has 1 aromatic carbocycles. The van der Waals surface area contributed by atoms with E-state index in [0.717, 1.165) is 14.0 Å². The van der Waals surface area contributed by atoms with Crippen molar-refractivity contribution in [1.29, 1.82) is 0 Å². The lowest BCUT2D eigenvalue weighted by molar-refractivity contribution is -0.137. The lowest BCUT2D eigenvalue weighted by Crippen LogP contribution is -2.34. The van der Waals surface area contributed by atoms with Gasteiger partial charge in [-0.05, 0) is 34.7 Å². The number of hydrogen-bond acceptors (Lipinski definition) is 5. The molecule has 0 atom stereocenters. The number of rotatable bonds is 4. The average Bonchev–Trinajstić information content (AvgIpc) is 2.96. The van der Waals surface area contributed by atoms with Crippen molar-refractivity contribution in [3.8, 4) is 0 Å². The second-order valence-corrected chi connectivity index (χ2v) is 5.52. The van der Waals surface area contributed by atoms with E-state index in [4.69, 9.17) is 5.11 Å². The number of hydrogen-bond donors (Lipinski definition) is 3. The van der Waals surface area contributed by atoms with Gasteiger partial charge in [0.15, 0.2) is 0 Å². The Morgan fingerprint density at radius 1 is 1.38 bits per heavy atom. The minimum absolute atomic E-state index is 0.0101. The van der Waals surface area contributed by atoms with Crippen molar-refractivity contribution in [2.45, 2.75) is 0 Å². The molecule has 1 aliphatic rings. The van der Waals surface area contributed by atoms with Gasteiger partial charge in [-0.2, -0.15) is 5.10 Å². The first-order valence-corrected chi connectivity index (χ1v) is 7.27. The molecular weight excluding hydrogens is 387 g/mol. The standard InChI is InChI=1S/C13H11IN4O3/c14-12-7-2-1-3-8(11(7)16-17-12)15-9-6-10(20)18(4-5-19)13(9)21/h1-3,6,15,19H,4-5H2,(H,16,17). The zero-order valence-electron chi connectivity index (χ0n) is 10.8. The fourth-order valence-electron chi connectivity index (χ4n) is 2.16. The number of aliphatic hydroxyl groups excluding tert-OH is 1. The van der Waals surface area contributed by atoms with Crippen molar-refractivity contribution >= 4 is 51.0 Å². The van der Waals surface area contributed by atoms with Gasteiger partial charge in [-0.25, -0.2) is 0 Å². The fourth-order valence-corrected chi connectivity index (χ4v) is 2.72. The summed E-state index contributed by atoms with van der Waals surface area (Å²) < 4.78 is 0.899. The lowest BCUT2D eigenvalue weighted by atomic mass is 10.2. The van der Waals surface area contributed by atoms with Gasteiger partial charge in [0.25, 0.3) is 11.8 Å². The van der Waals surface area contributed by atoms with E-state index in [1.54, 1.807) is 6.07 Å². The first-order chi connectivity index (χ1) is 10.1. The molecule has 0 spiro atoms. The maximum atomic E-state index is 12.1. The van der Waals surface area contributed by atoms with Crippen LogP contribution in [0.3, 0.4) is 0 Å². The van der Waals surface area contributed by atoms with Crippen LogP contribution in [0.2, 0.25) is 0 Å². The normalized spacial score (nSPS) is 15.0. The third kappa shape index (κ3) is 2.40. The number of nitrogens with zero attached hydrogens (tertiary/aromatic N) is 2. The highest BCUT2D eigenvalue weighted by molar-refractivity contribution is 14.1. The molecule has 21 heavy (non-hydrogen) atoms. The molecule has 1 aliphatic heterocycles. The van der Waals surface area contributed by atoms with E-state index in [1.807, 2.05) is 12.1 Å². The summed E-state index contributed by atoms with van der Waals surface area (Å²) in [5.41, 5.74) is 1.52. The van der Waals surface area contributed by atoms with Crippen molar-refractivity contribution in [2.75, 3.05) is 18.5 Å². The van der Waals surface area contributed by atoms with Crippen molar-refractivity contribution < 1.29 is 14.7 Å². The van der Waals surface area contributed by atoms with Crippen molar-refractivity contribution in [2.24, 2.45) is 0 Å². The Balaban J connectivity index is 1.91. The van der Waals surface area contributed by atoms with Crippen LogP contribution >= 0.6 is 22.6 Å². The first-order valence-electron chi connectivity index (χ1n) is 6.20. The number of benzene rings is 1. The topological polar surface area (TPSA) is 98.3 Å². The molecule has 3 rings (SSSR count). The quantitative estimate of drug-likeness (QED) is 0.524. The molecule has 108 valence electrons. The predicted molar refractivity (Wildman–Crippen MR) is 84.3 cm³/mol. The Morgan fingerprint density at radius 2 is 2.19 bits per heavy atom. The molecule has 2 aromatic rings. The van der Waals surface area contributed by atoms with Gasteiger partial charge >= 0.3 is 0 Å². The van der Waals surface area contributed by atoms with E-state index in [2.05, 4.69) is 38.1 Å². The molecule has 0 bridgehead atoms. The van der Waals surface area contributed by atoms with E-state index in [0.29, 0.717) is 11.2 Å². The minimum Gasteiger partial charge on any atom is -0.395 e. The number of nitrogens with one attached hydrogen (secondary N) is 2. The largest absolute Gasteiger partial charge is 0.395 e. The molecule has 0 unspecified atom stereocenters. The number of β-amino-alcohol motifs (C(OH)–C–C–N with tert-alkyl or cyclic N) is 1. The Morgan fingerprint density at radius 3 is 2.95 bits per heavy atom. The molecule has 2 heterocycles. The molecule has 0 saturated heterocycles. The van der Waals surface area contributed by atoms with Crippen LogP contribution in [0.1, 0.15) is 0 Å². The monoisotopic (exact) mass is 398 g/mol. The Bertz CT molecular complexity index is 768. The van der Waals surface area contributed by atoms with Crippen LogP contribution in [0.4, 0.5) is 5.69 Å². The molecule has 8 heteroatoms. The number of aromatic nitrogens is 2. The summed E-state index contributed by atoms with van der Waals surface area (Å²) in [4.78, 5) is 24.8. The molecule has 0 aliphatic carbocycles. The average molecular weight is 398 g/mol. The minimum atomic E-state index is -0.448. The summed E-state index contributed by atoms with van der Waals surface area (Å²) in [5, 5.41) is 19.8. The lowest BCUT2D eigenvalue weighted by Gasteiger charge is -2.13. The summed E-state index contributed by atoms with van der Waals surface area (Å²) in [7, 11) is 0. The second-order valence-electron chi connectivity index (χ2n) is 4.44. The molecule has 0 radical (unpaired) electrons. The number of halogens is 1. The SMILES string of the molecule is O=C1C=C(Nc2cccc3c(I)[nH]nc23)C(=O)N1CCO. The van der Waals surface area contributed by atoms with Crippen LogP contribution in [0.15, 0.2) is 30.0 Å². The van der Waals surface area contributed by atoms with Crippen molar-refractivity contribution in [3.05, 3.63) is 33.7 Å². The van der Waals surface area contributed by atoms with Crippen LogP contribution in [-0.2, 0) is 9.59 Å². The van der Waals surface area contributed by atoms with Crippen molar-refractivity contribution in [3.63, 3.8) is 0 Å². The van der Waals surface area contributed by atoms with Gasteiger partial charge in [-0.3, -0.25) is 19.6 Å².